The molecule has 1 aliphatic heterocycles. The molecule has 0 bridgehead atoms. The summed E-state index contributed by atoms with van der Waals surface area (Å²) in [7, 11) is 0. The second kappa shape index (κ2) is 11.0. The van der Waals surface area contributed by atoms with Gasteiger partial charge in [0.05, 0.1) is 5.70 Å². The number of halogens is 2. The van der Waals surface area contributed by atoms with E-state index in [0.29, 0.717) is 32.6 Å². The number of nitrogens with one attached hydrogen (secondary N) is 2. The number of carboxylic acids is 1. The van der Waals surface area contributed by atoms with Crippen LogP contribution in [0.4, 0.5) is 0 Å². The van der Waals surface area contributed by atoms with Gasteiger partial charge in [0.1, 0.15) is 18.4 Å². The quantitative estimate of drug-likeness (QED) is 0.362. The summed E-state index contributed by atoms with van der Waals surface area (Å²) in [5, 5.41) is 13.3. The SMILES string of the molecule is C[C@@]1(C(=O)NC(Cc2ccc(OCc3c(Cl)cccc3Cl)cc2)C(=O)O)C=C(c2ccccc2)NO1. The summed E-state index contributed by atoms with van der Waals surface area (Å²) in [5.41, 5.74) is 4.27. The molecular weight excluding hydrogens is 503 g/mol. The number of rotatable bonds is 9. The number of carbonyl (C=O) groups excluding carboxylic acids is 1. The van der Waals surface area contributed by atoms with Crippen LogP contribution in [-0.4, -0.2) is 28.6 Å². The molecule has 1 unspecified atom stereocenters. The Kier molecular flexibility index (Phi) is 7.84. The van der Waals surface area contributed by atoms with Gasteiger partial charge in [-0.05, 0) is 48.4 Å². The molecule has 1 amide bonds. The van der Waals surface area contributed by atoms with Crippen LogP contribution in [-0.2, 0) is 27.5 Å². The normalized spacial score (nSPS) is 17.6. The van der Waals surface area contributed by atoms with E-state index in [0.717, 1.165) is 5.56 Å². The van der Waals surface area contributed by atoms with Crippen LogP contribution in [0.15, 0.2) is 78.9 Å². The zero-order valence-corrected chi connectivity index (χ0v) is 20.8. The molecule has 0 aliphatic carbocycles. The summed E-state index contributed by atoms with van der Waals surface area (Å²) < 4.78 is 5.77. The standard InChI is InChI=1S/C27H24Cl2N2O5/c1-27(15-24(31-36-27)18-6-3-2-4-7-18)26(34)30-23(25(32)33)14-17-10-12-19(13-11-17)35-16-20-21(28)8-5-9-22(20)29/h2-13,15,23,31H,14,16H2,1H3,(H,30,34)(H,32,33)/t23?,27-/m0/s1. The van der Waals surface area contributed by atoms with E-state index in [1.807, 2.05) is 30.3 Å². The summed E-state index contributed by atoms with van der Waals surface area (Å²) >= 11 is 12.3. The highest BCUT2D eigenvalue weighted by atomic mass is 35.5. The van der Waals surface area contributed by atoms with Crippen molar-refractivity contribution >= 4 is 40.8 Å². The number of hydroxylamine groups is 1. The monoisotopic (exact) mass is 526 g/mol. The summed E-state index contributed by atoms with van der Waals surface area (Å²) in [6.45, 7) is 1.76. The third kappa shape index (κ3) is 5.99. The van der Waals surface area contributed by atoms with Crippen molar-refractivity contribution in [2.45, 2.75) is 31.6 Å². The second-order valence-corrected chi connectivity index (χ2v) is 9.25. The first kappa shape index (κ1) is 25.6. The van der Waals surface area contributed by atoms with Crippen molar-refractivity contribution in [1.82, 2.24) is 10.8 Å². The second-order valence-electron chi connectivity index (χ2n) is 8.44. The first-order valence-corrected chi connectivity index (χ1v) is 11.9. The molecule has 3 aromatic rings. The zero-order chi connectivity index (χ0) is 25.7. The van der Waals surface area contributed by atoms with E-state index in [2.05, 4.69) is 10.8 Å². The van der Waals surface area contributed by atoms with Crippen LogP contribution in [0.3, 0.4) is 0 Å². The third-order valence-electron chi connectivity index (χ3n) is 5.74. The molecule has 186 valence electrons. The Morgan fingerprint density at radius 3 is 2.33 bits per heavy atom. The molecule has 2 atom stereocenters. The van der Waals surface area contributed by atoms with Gasteiger partial charge in [-0.1, -0.05) is 71.7 Å². The lowest BCUT2D eigenvalue weighted by molar-refractivity contribution is -0.148. The number of aliphatic carboxylic acids is 1. The van der Waals surface area contributed by atoms with E-state index in [4.69, 9.17) is 32.8 Å². The van der Waals surface area contributed by atoms with E-state index in [1.54, 1.807) is 55.5 Å². The molecule has 0 saturated heterocycles. The number of hydrogen-bond donors (Lipinski definition) is 3. The minimum Gasteiger partial charge on any atom is -0.489 e. The molecule has 4 rings (SSSR count). The number of carboxylic acid groups (broad SMARTS) is 1. The first-order valence-electron chi connectivity index (χ1n) is 11.2. The summed E-state index contributed by atoms with van der Waals surface area (Å²) in [6.07, 6.45) is 1.71. The molecule has 7 nitrogen and oxygen atoms in total. The predicted molar refractivity (Wildman–Crippen MR) is 138 cm³/mol. The van der Waals surface area contributed by atoms with Gasteiger partial charge in [0.2, 0.25) is 0 Å². The maximum Gasteiger partial charge on any atom is 0.326 e. The fourth-order valence-corrected chi connectivity index (χ4v) is 4.16. The smallest absolute Gasteiger partial charge is 0.326 e. The number of ether oxygens (including phenoxy) is 1. The van der Waals surface area contributed by atoms with Gasteiger partial charge < -0.3 is 15.2 Å². The average Bonchev–Trinajstić information content (AvgIpc) is 3.28. The van der Waals surface area contributed by atoms with Crippen molar-refractivity contribution in [2.75, 3.05) is 0 Å². The Bertz CT molecular complexity index is 1260. The first-order chi connectivity index (χ1) is 17.2. The number of amides is 1. The van der Waals surface area contributed by atoms with Crippen molar-refractivity contribution in [3.63, 3.8) is 0 Å². The maximum absolute atomic E-state index is 13.0. The van der Waals surface area contributed by atoms with Gasteiger partial charge in [0, 0.05) is 22.0 Å². The van der Waals surface area contributed by atoms with Crippen LogP contribution in [0.5, 0.6) is 5.75 Å². The van der Waals surface area contributed by atoms with Crippen molar-refractivity contribution in [3.8, 4) is 5.75 Å². The molecular formula is C27H24Cl2N2O5. The van der Waals surface area contributed by atoms with Crippen LogP contribution < -0.4 is 15.5 Å². The van der Waals surface area contributed by atoms with E-state index >= 15 is 0 Å². The number of hydrogen-bond acceptors (Lipinski definition) is 5. The van der Waals surface area contributed by atoms with Crippen molar-refractivity contribution in [3.05, 3.63) is 106 Å². The van der Waals surface area contributed by atoms with Crippen molar-refractivity contribution < 1.29 is 24.3 Å². The highest BCUT2D eigenvalue weighted by Gasteiger charge is 2.40. The minimum absolute atomic E-state index is 0.0798. The van der Waals surface area contributed by atoms with Gasteiger partial charge in [-0.25, -0.2) is 4.79 Å². The van der Waals surface area contributed by atoms with Crippen LogP contribution in [0.25, 0.3) is 5.70 Å². The lowest BCUT2D eigenvalue weighted by atomic mass is 10.0. The molecule has 3 aromatic carbocycles. The third-order valence-corrected chi connectivity index (χ3v) is 6.45. The summed E-state index contributed by atoms with van der Waals surface area (Å²) in [6, 6.07) is 20.4. The van der Waals surface area contributed by atoms with E-state index in [9.17, 15) is 14.7 Å². The summed E-state index contributed by atoms with van der Waals surface area (Å²) in [4.78, 5) is 30.4. The molecule has 3 N–H and O–H groups in total. The Morgan fingerprint density at radius 1 is 1.03 bits per heavy atom. The van der Waals surface area contributed by atoms with Crippen LogP contribution >= 0.6 is 23.2 Å². The number of benzene rings is 3. The summed E-state index contributed by atoms with van der Waals surface area (Å²) in [5.74, 6) is -1.15. The van der Waals surface area contributed by atoms with Gasteiger partial charge in [0.15, 0.2) is 5.60 Å². The molecule has 36 heavy (non-hydrogen) atoms. The maximum atomic E-state index is 13.0. The fraction of sp³-hybridized carbons (Fsp3) is 0.185. The minimum atomic E-state index is -1.36. The van der Waals surface area contributed by atoms with Gasteiger partial charge in [-0.2, -0.15) is 0 Å². The highest BCUT2D eigenvalue weighted by molar-refractivity contribution is 6.35. The Hall–Kier alpha value is -3.52. The van der Waals surface area contributed by atoms with Crippen molar-refractivity contribution in [1.29, 1.82) is 0 Å². The lowest BCUT2D eigenvalue weighted by Gasteiger charge is -2.22. The zero-order valence-electron chi connectivity index (χ0n) is 19.3. The molecule has 0 fully saturated rings. The predicted octanol–water partition coefficient (Wildman–Crippen LogP) is 5.02. The molecule has 9 heteroatoms. The number of carbonyl (C=O) groups is 2. The van der Waals surface area contributed by atoms with E-state index < -0.39 is 23.5 Å². The fourth-order valence-electron chi connectivity index (χ4n) is 3.65. The topological polar surface area (TPSA) is 96.9 Å². The Balaban J connectivity index is 1.38. The van der Waals surface area contributed by atoms with E-state index in [1.165, 1.54) is 0 Å². The molecule has 0 spiro atoms. The molecule has 0 saturated carbocycles. The molecule has 1 aliphatic rings. The van der Waals surface area contributed by atoms with Gasteiger partial charge in [-0.15, -0.1) is 0 Å². The average molecular weight is 527 g/mol. The van der Waals surface area contributed by atoms with Gasteiger partial charge in [0.25, 0.3) is 5.91 Å². The Labute approximate surface area is 218 Å². The van der Waals surface area contributed by atoms with Crippen LogP contribution in [0.1, 0.15) is 23.6 Å². The van der Waals surface area contributed by atoms with Crippen LogP contribution in [0.2, 0.25) is 10.0 Å². The van der Waals surface area contributed by atoms with Gasteiger partial charge >= 0.3 is 5.97 Å². The largest absolute Gasteiger partial charge is 0.489 e. The highest BCUT2D eigenvalue weighted by Crippen LogP contribution is 2.27. The van der Waals surface area contributed by atoms with Gasteiger partial charge in [-0.3, -0.25) is 15.1 Å². The molecule has 0 radical (unpaired) electrons. The lowest BCUT2D eigenvalue weighted by Crippen LogP contribution is -2.51. The van der Waals surface area contributed by atoms with E-state index in [-0.39, 0.29) is 13.0 Å². The van der Waals surface area contributed by atoms with Crippen molar-refractivity contribution in [2.24, 2.45) is 0 Å². The molecule has 1 heterocycles. The van der Waals surface area contributed by atoms with Crippen LogP contribution in [0, 0.1) is 0 Å². The molecule has 0 aromatic heterocycles. The Morgan fingerprint density at radius 2 is 1.69 bits per heavy atom.